The number of halogens is 1. The fraction of sp³-hybridized carbons (Fsp3) is 0.286. The molecule has 0 unspecified atom stereocenters. The number of aliphatic hydroxyl groups is 1. The van der Waals surface area contributed by atoms with E-state index < -0.39 is 10.0 Å². The minimum Gasteiger partial charge on any atom is -0.392 e. The second-order valence-electron chi connectivity index (χ2n) is 4.66. The van der Waals surface area contributed by atoms with Gasteiger partial charge in [-0.1, -0.05) is 6.07 Å². The second kappa shape index (κ2) is 7.02. The molecular formula is C14H16BrNO3S2. The van der Waals surface area contributed by atoms with Gasteiger partial charge in [0.2, 0.25) is 10.0 Å². The molecule has 0 amide bonds. The number of benzene rings is 1. The van der Waals surface area contributed by atoms with Crippen LogP contribution in [0.25, 0.3) is 0 Å². The molecule has 2 aromatic rings. The molecule has 0 aliphatic heterocycles. The number of aryl methyl sites for hydroxylation is 1. The summed E-state index contributed by atoms with van der Waals surface area (Å²) in [7, 11) is -3.60. The Morgan fingerprint density at radius 3 is 2.71 bits per heavy atom. The standard InChI is InChI=1S/C14H16BrNO3S2/c1-10-6-12(8-17)7-13(14(10)15)21(18,19)16-4-2-11-3-5-20-9-11/h3,5-7,9,16-17H,2,4,8H2,1H3. The number of aliphatic hydroxyl groups excluding tert-OH is 1. The van der Waals surface area contributed by atoms with Crippen molar-refractivity contribution >= 4 is 37.3 Å². The minimum atomic E-state index is -3.60. The van der Waals surface area contributed by atoms with Crippen LogP contribution < -0.4 is 4.72 Å². The average molecular weight is 390 g/mol. The molecule has 21 heavy (non-hydrogen) atoms. The summed E-state index contributed by atoms with van der Waals surface area (Å²) in [6.07, 6.45) is 0.652. The summed E-state index contributed by atoms with van der Waals surface area (Å²) in [5.74, 6) is 0. The Balaban J connectivity index is 2.17. The summed E-state index contributed by atoms with van der Waals surface area (Å²) in [5.41, 5.74) is 2.47. The fourth-order valence-electron chi connectivity index (χ4n) is 1.94. The van der Waals surface area contributed by atoms with E-state index in [1.54, 1.807) is 24.3 Å². The molecule has 1 aromatic carbocycles. The monoisotopic (exact) mass is 389 g/mol. The highest BCUT2D eigenvalue weighted by Crippen LogP contribution is 2.27. The third-order valence-corrected chi connectivity index (χ3v) is 6.57. The van der Waals surface area contributed by atoms with Crippen LogP contribution in [0.2, 0.25) is 0 Å². The minimum absolute atomic E-state index is 0.164. The summed E-state index contributed by atoms with van der Waals surface area (Å²) in [4.78, 5) is 0.164. The first kappa shape index (κ1) is 16.6. The zero-order chi connectivity index (χ0) is 15.5. The fourth-order valence-corrected chi connectivity index (χ4v) is 4.74. The molecule has 0 bridgehead atoms. The maximum Gasteiger partial charge on any atom is 0.241 e. The van der Waals surface area contributed by atoms with Gasteiger partial charge < -0.3 is 5.11 Å². The average Bonchev–Trinajstić information content (AvgIpc) is 2.94. The second-order valence-corrected chi connectivity index (χ2v) is 7.97. The van der Waals surface area contributed by atoms with E-state index in [1.807, 2.05) is 16.8 Å². The lowest BCUT2D eigenvalue weighted by atomic mass is 10.1. The molecule has 7 heteroatoms. The van der Waals surface area contributed by atoms with Gasteiger partial charge in [-0.05, 0) is 68.9 Å². The third kappa shape index (κ3) is 4.14. The van der Waals surface area contributed by atoms with Crippen molar-refractivity contribution in [3.63, 3.8) is 0 Å². The molecule has 0 aliphatic carbocycles. The van der Waals surface area contributed by atoms with Gasteiger partial charge in [0.1, 0.15) is 0 Å². The quantitative estimate of drug-likeness (QED) is 0.797. The summed E-state index contributed by atoms with van der Waals surface area (Å²) < 4.78 is 27.9. The van der Waals surface area contributed by atoms with E-state index in [1.165, 1.54) is 6.07 Å². The van der Waals surface area contributed by atoms with Gasteiger partial charge in [-0.25, -0.2) is 13.1 Å². The predicted octanol–water partition coefficient (Wildman–Crippen LogP) is 2.83. The SMILES string of the molecule is Cc1cc(CO)cc(S(=O)(=O)NCCc2ccsc2)c1Br. The lowest BCUT2D eigenvalue weighted by Gasteiger charge is -2.11. The summed E-state index contributed by atoms with van der Waals surface area (Å²) in [6.45, 7) is 1.95. The van der Waals surface area contributed by atoms with Crippen LogP contribution in [0.3, 0.4) is 0 Å². The molecule has 0 atom stereocenters. The van der Waals surface area contributed by atoms with Crippen molar-refractivity contribution in [1.29, 1.82) is 0 Å². The van der Waals surface area contributed by atoms with Crippen molar-refractivity contribution in [2.75, 3.05) is 6.54 Å². The maximum absolute atomic E-state index is 12.4. The van der Waals surface area contributed by atoms with Crippen LogP contribution >= 0.6 is 27.3 Å². The third-order valence-electron chi connectivity index (χ3n) is 3.04. The van der Waals surface area contributed by atoms with Crippen molar-refractivity contribution in [3.8, 4) is 0 Å². The topological polar surface area (TPSA) is 66.4 Å². The van der Waals surface area contributed by atoms with Crippen LogP contribution in [-0.4, -0.2) is 20.1 Å². The van der Waals surface area contributed by atoms with E-state index >= 15 is 0 Å². The Morgan fingerprint density at radius 1 is 1.33 bits per heavy atom. The number of sulfonamides is 1. The number of nitrogens with one attached hydrogen (secondary N) is 1. The van der Waals surface area contributed by atoms with Crippen molar-refractivity contribution in [2.45, 2.75) is 24.8 Å². The largest absolute Gasteiger partial charge is 0.392 e. The predicted molar refractivity (Wildman–Crippen MR) is 88.0 cm³/mol. The van der Waals surface area contributed by atoms with E-state index in [4.69, 9.17) is 0 Å². The van der Waals surface area contributed by atoms with E-state index in [0.717, 1.165) is 11.1 Å². The van der Waals surface area contributed by atoms with Gasteiger partial charge in [0, 0.05) is 11.0 Å². The molecule has 0 radical (unpaired) electrons. The number of thiophene rings is 1. The normalized spacial score (nSPS) is 11.8. The molecule has 2 N–H and O–H groups in total. The molecule has 2 rings (SSSR count). The van der Waals surface area contributed by atoms with E-state index in [9.17, 15) is 13.5 Å². The zero-order valence-electron chi connectivity index (χ0n) is 11.5. The molecule has 1 aromatic heterocycles. The Bertz CT molecular complexity index is 712. The Labute approximate surface area is 137 Å². The Kier molecular flexibility index (Phi) is 5.56. The van der Waals surface area contributed by atoms with E-state index in [2.05, 4.69) is 20.7 Å². The first-order valence-corrected chi connectivity index (χ1v) is 9.56. The lowest BCUT2D eigenvalue weighted by molar-refractivity contribution is 0.281. The molecule has 0 saturated heterocycles. The van der Waals surface area contributed by atoms with Crippen molar-refractivity contribution in [3.05, 3.63) is 50.1 Å². The van der Waals surface area contributed by atoms with Gasteiger partial charge in [0.05, 0.1) is 11.5 Å². The van der Waals surface area contributed by atoms with Gasteiger partial charge in [0.25, 0.3) is 0 Å². The molecule has 114 valence electrons. The zero-order valence-corrected chi connectivity index (χ0v) is 14.7. The number of hydrogen-bond acceptors (Lipinski definition) is 4. The molecule has 0 saturated carbocycles. The van der Waals surface area contributed by atoms with Gasteiger partial charge in [0.15, 0.2) is 0 Å². The Morgan fingerprint density at radius 2 is 2.10 bits per heavy atom. The van der Waals surface area contributed by atoms with E-state index in [-0.39, 0.29) is 11.5 Å². The Hall–Kier alpha value is -0.730. The summed E-state index contributed by atoms with van der Waals surface area (Å²) in [5, 5.41) is 13.2. The van der Waals surface area contributed by atoms with Crippen molar-refractivity contribution < 1.29 is 13.5 Å². The van der Waals surface area contributed by atoms with Gasteiger partial charge in [-0.2, -0.15) is 11.3 Å². The number of rotatable bonds is 6. The highest BCUT2D eigenvalue weighted by Gasteiger charge is 2.19. The molecule has 0 aliphatic rings. The smallest absolute Gasteiger partial charge is 0.241 e. The van der Waals surface area contributed by atoms with Crippen LogP contribution in [0.15, 0.2) is 38.3 Å². The molecular weight excluding hydrogens is 374 g/mol. The van der Waals surface area contributed by atoms with Crippen LogP contribution in [-0.2, 0) is 23.1 Å². The number of hydrogen-bond donors (Lipinski definition) is 2. The maximum atomic E-state index is 12.4. The first-order chi connectivity index (χ1) is 9.94. The summed E-state index contributed by atoms with van der Waals surface area (Å²) in [6, 6.07) is 5.23. The molecule has 0 fully saturated rings. The molecule has 1 heterocycles. The summed E-state index contributed by atoms with van der Waals surface area (Å²) >= 11 is 4.90. The highest BCUT2D eigenvalue weighted by molar-refractivity contribution is 9.10. The van der Waals surface area contributed by atoms with Crippen LogP contribution in [0, 0.1) is 6.92 Å². The van der Waals surface area contributed by atoms with Gasteiger partial charge in [-0.3, -0.25) is 0 Å². The van der Waals surface area contributed by atoms with Gasteiger partial charge >= 0.3 is 0 Å². The highest BCUT2D eigenvalue weighted by atomic mass is 79.9. The van der Waals surface area contributed by atoms with Crippen molar-refractivity contribution in [2.24, 2.45) is 0 Å². The lowest BCUT2D eigenvalue weighted by Crippen LogP contribution is -2.26. The van der Waals surface area contributed by atoms with Crippen LogP contribution in [0.1, 0.15) is 16.7 Å². The van der Waals surface area contributed by atoms with Crippen LogP contribution in [0.5, 0.6) is 0 Å². The van der Waals surface area contributed by atoms with Gasteiger partial charge in [-0.15, -0.1) is 0 Å². The van der Waals surface area contributed by atoms with Crippen LogP contribution in [0.4, 0.5) is 0 Å². The molecule has 0 spiro atoms. The van der Waals surface area contributed by atoms with Crippen molar-refractivity contribution in [1.82, 2.24) is 4.72 Å². The molecule has 4 nitrogen and oxygen atoms in total. The van der Waals surface area contributed by atoms with E-state index in [0.29, 0.717) is 23.0 Å². The first-order valence-electron chi connectivity index (χ1n) is 6.34.